The lowest BCUT2D eigenvalue weighted by Gasteiger charge is -1.95. The van der Waals surface area contributed by atoms with Crippen LogP contribution < -0.4 is 5.73 Å². The molecule has 7 nitrogen and oxygen atoms in total. The molecular weight excluding hydrogens is 220 g/mol. The number of rotatable bonds is 5. The summed E-state index contributed by atoms with van der Waals surface area (Å²) in [4.78, 5) is 19.1. The van der Waals surface area contributed by atoms with Gasteiger partial charge >= 0.3 is 5.97 Å². The normalized spacial score (nSPS) is 11.1. The SMILES string of the molecule is C=CCO/N=C(\C(=O)O)c1nsc(N)n1. The first-order valence-electron chi connectivity index (χ1n) is 3.79. The van der Waals surface area contributed by atoms with E-state index < -0.39 is 5.97 Å². The summed E-state index contributed by atoms with van der Waals surface area (Å²) in [6.07, 6.45) is 1.44. The molecule has 0 radical (unpaired) electrons. The summed E-state index contributed by atoms with van der Waals surface area (Å²) in [5.74, 6) is -1.34. The molecular formula is C7H8N4O3S. The molecule has 0 aliphatic rings. The van der Waals surface area contributed by atoms with Crippen LogP contribution in [-0.4, -0.2) is 32.8 Å². The first kappa shape index (κ1) is 11.1. The molecule has 3 N–H and O–H groups in total. The summed E-state index contributed by atoms with van der Waals surface area (Å²) in [7, 11) is 0. The molecule has 15 heavy (non-hydrogen) atoms. The van der Waals surface area contributed by atoms with E-state index in [0.29, 0.717) is 0 Å². The third-order valence-electron chi connectivity index (χ3n) is 1.20. The van der Waals surface area contributed by atoms with Crippen molar-refractivity contribution in [2.24, 2.45) is 5.16 Å². The van der Waals surface area contributed by atoms with Crippen LogP contribution in [0.3, 0.4) is 0 Å². The van der Waals surface area contributed by atoms with E-state index in [-0.39, 0.29) is 23.3 Å². The smallest absolute Gasteiger partial charge is 0.362 e. The number of carboxylic acids is 1. The highest BCUT2D eigenvalue weighted by Gasteiger charge is 2.18. The zero-order valence-corrected chi connectivity index (χ0v) is 8.40. The molecule has 0 bridgehead atoms. The highest BCUT2D eigenvalue weighted by molar-refractivity contribution is 7.09. The van der Waals surface area contributed by atoms with Gasteiger partial charge in [0.05, 0.1) is 0 Å². The summed E-state index contributed by atoms with van der Waals surface area (Å²) in [6, 6.07) is 0. The van der Waals surface area contributed by atoms with Gasteiger partial charge in [-0.05, 0) is 0 Å². The molecule has 1 rings (SSSR count). The summed E-state index contributed by atoms with van der Waals surface area (Å²) in [5.41, 5.74) is 4.93. The highest BCUT2D eigenvalue weighted by Crippen LogP contribution is 2.07. The molecule has 0 aliphatic carbocycles. The second-order valence-corrected chi connectivity index (χ2v) is 3.07. The van der Waals surface area contributed by atoms with E-state index in [0.717, 1.165) is 11.5 Å². The second-order valence-electron chi connectivity index (χ2n) is 2.29. The Morgan fingerprint density at radius 3 is 3.00 bits per heavy atom. The molecule has 0 aliphatic heterocycles. The second kappa shape index (κ2) is 5.05. The van der Waals surface area contributed by atoms with Crippen molar-refractivity contribution in [2.75, 3.05) is 12.3 Å². The Kier molecular flexibility index (Phi) is 3.75. The molecule has 0 saturated carbocycles. The maximum Gasteiger partial charge on any atom is 0.362 e. The van der Waals surface area contributed by atoms with E-state index in [1.807, 2.05) is 0 Å². The van der Waals surface area contributed by atoms with E-state index in [1.54, 1.807) is 0 Å². The zero-order chi connectivity index (χ0) is 11.3. The van der Waals surface area contributed by atoms with Crippen LogP contribution in [0.4, 0.5) is 5.13 Å². The molecule has 0 aromatic carbocycles. The van der Waals surface area contributed by atoms with Crippen molar-refractivity contribution in [3.63, 3.8) is 0 Å². The maximum absolute atomic E-state index is 10.8. The van der Waals surface area contributed by atoms with Gasteiger partial charge in [-0.3, -0.25) is 0 Å². The lowest BCUT2D eigenvalue weighted by Crippen LogP contribution is -2.16. The van der Waals surface area contributed by atoms with Crippen LogP contribution in [0.15, 0.2) is 17.8 Å². The minimum absolute atomic E-state index is 0.0611. The Morgan fingerprint density at radius 1 is 1.80 bits per heavy atom. The van der Waals surface area contributed by atoms with E-state index in [9.17, 15) is 4.79 Å². The van der Waals surface area contributed by atoms with Crippen LogP contribution in [0.25, 0.3) is 0 Å². The van der Waals surface area contributed by atoms with Crippen LogP contribution >= 0.6 is 11.5 Å². The highest BCUT2D eigenvalue weighted by atomic mass is 32.1. The van der Waals surface area contributed by atoms with Crippen molar-refractivity contribution in [3.05, 3.63) is 18.5 Å². The van der Waals surface area contributed by atoms with E-state index in [2.05, 4.69) is 25.9 Å². The summed E-state index contributed by atoms with van der Waals surface area (Å²) in [5, 5.41) is 12.3. The monoisotopic (exact) mass is 228 g/mol. The summed E-state index contributed by atoms with van der Waals surface area (Å²) >= 11 is 0.886. The van der Waals surface area contributed by atoms with Gasteiger partial charge in [-0.25, -0.2) is 4.79 Å². The first-order chi connectivity index (χ1) is 7.15. The van der Waals surface area contributed by atoms with Gasteiger partial charge in [0.15, 0.2) is 5.13 Å². The van der Waals surface area contributed by atoms with Crippen LogP contribution in [0.5, 0.6) is 0 Å². The summed E-state index contributed by atoms with van der Waals surface area (Å²) < 4.78 is 3.70. The van der Waals surface area contributed by atoms with Crippen molar-refractivity contribution in [3.8, 4) is 0 Å². The van der Waals surface area contributed by atoms with E-state index in [4.69, 9.17) is 10.8 Å². The Hall–Kier alpha value is -1.96. The van der Waals surface area contributed by atoms with Crippen LogP contribution in [-0.2, 0) is 9.63 Å². The third-order valence-corrected chi connectivity index (χ3v) is 1.75. The van der Waals surface area contributed by atoms with E-state index >= 15 is 0 Å². The molecule has 0 amide bonds. The van der Waals surface area contributed by atoms with Crippen LogP contribution in [0, 0.1) is 0 Å². The minimum atomic E-state index is -1.28. The van der Waals surface area contributed by atoms with Gasteiger partial charge in [0.25, 0.3) is 0 Å². The van der Waals surface area contributed by atoms with Gasteiger partial charge in [0, 0.05) is 11.5 Å². The number of nitrogens with two attached hydrogens (primary N) is 1. The molecule has 1 heterocycles. The number of aliphatic carboxylic acids is 1. The number of hydrogen-bond donors (Lipinski definition) is 2. The first-order valence-corrected chi connectivity index (χ1v) is 4.56. The maximum atomic E-state index is 10.8. The number of oxime groups is 1. The molecule has 1 aromatic heterocycles. The number of carboxylic acid groups (broad SMARTS) is 1. The van der Waals surface area contributed by atoms with Crippen LogP contribution in [0.1, 0.15) is 5.82 Å². The molecule has 80 valence electrons. The standard InChI is InChI=1S/C7H8N4O3S/c1-2-3-14-10-4(6(12)13)5-9-7(8)15-11-5/h2H,1,3H2,(H,12,13)(H2,8,9,11)/b10-4-. The van der Waals surface area contributed by atoms with Crippen molar-refractivity contribution >= 4 is 28.3 Å². The van der Waals surface area contributed by atoms with Crippen molar-refractivity contribution in [1.29, 1.82) is 0 Å². The van der Waals surface area contributed by atoms with Gasteiger partial charge in [-0.1, -0.05) is 17.8 Å². The number of nitrogens with zero attached hydrogens (tertiary/aromatic N) is 3. The van der Waals surface area contributed by atoms with Gasteiger partial charge in [-0.15, -0.1) is 0 Å². The molecule has 0 spiro atoms. The van der Waals surface area contributed by atoms with Gasteiger partial charge in [-0.2, -0.15) is 9.36 Å². The lowest BCUT2D eigenvalue weighted by molar-refractivity contribution is -0.129. The molecule has 1 aromatic rings. The largest absolute Gasteiger partial charge is 0.476 e. The fourth-order valence-corrected chi connectivity index (χ4v) is 1.10. The minimum Gasteiger partial charge on any atom is -0.476 e. The van der Waals surface area contributed by atoms with E-state index in [1.165, 1.54) is 6.08 Å². The third kappa shape index (κ3) is 3.02. The Balaban J connectivity index is 2.87. The summed E-state index contributed by atoms with van der Waals surface area (Å²) in [6.45, 7) is 3.50. The van der Waals surface area contributed by atoms with Gasteiger partial charge in [0.2, 0.25) is 11.5 Å². The van der Waals surface area contributed by atoms with Gasteiger partial charge in [0.1, 0.15) is 6.61 Å². The number of hydrogen-bond acceptors (Lipinski definition) is 7. The zero-order valence-electron chi connectivity index (χ0n) is 7.58. The Morgan fingerprint density at radius 2 is 2.53 bits per heavy atom. The molecule has 8 heteroatoms. The lowest BCUT2D eigenvalue weighted by atomic mass is 10.4. The average Bonchev–Trinajstić information content (AvgIpc) is 2.59. The number of aromatic nitrogens is 2. The Bertz CT molecular complexity index is 401. The Labute approximate surface area is 89.0 Å². The van der Waals surface area contributed by atoms with Crippen molar-refractivity contribution in [1.82, 2.24) is 9.36 Å². The predicted octanol–water partition coefficient (Wildman–Crippen LogP) is 0.112. The fourth-order valence-electron chi connectivity index (χ4n) is 0.661. The topological polar surface area (TPSA) is 111 Å². The average molecular weight is 228 g/mol. The predicted molar refractivity (Wildman–Crippen MR) is 54.6 cm³/mol. The molecule has 0 atom stereocenters. The number of carbonyl (C=O) groups is 1. The van der Waals surface area contributed by atoms with Gasteiger partial charge < -0.3 is 15.7 Å². The molecule has 0 fully saturated rings. The quantitative estimate of drug-likeness (QED) is 0.320. The van der Waals surface area contributed by atoms with Crippen molar-refractivity contribution < 1.29 is 14.7 Å². The fraction of sp³-hybridized carbons (Fsp3) is 0.143. The number of anilines is 1. The molecule has 0 unspecified atom stereocenters. The molecule has 0 saturated heterocycles. The van der Waals surface area contributed by atoms with Crippen LogP contribution in [0.2, 0.25) is 0 Å². The van der Waals surface area contributed by atoms with Crippen molar-refractivity contribution in [2.45, 2.75) is 0 Å². The number of nitrogen functional groups attached to an aromatic ring is 1.